The highest BCUT2D eigenvalue weighted by atomic mass is 14.6. The second kappa shape index (κ2) is 5.01. The van der Waals surface area contributed by atoms with E-state index in [1.54, 1.807) is 6.20 Å². The van der Waals surface area contributed by atoms with E-state index in [1.165, 1.54) is 5.56 Å². The molecule has 0 bridgehead atoms. The lowest BCUT2D eigenvalue weighted by Gasteiger charge is -2.22. The van der Waals surface area contributed by atoms with Crippen LogP contribution < -0.4 is 0 Å². The van der Waals surface area contributed by atoms with Gasteiger partial charge >= 0.3 is 0 Å². The Labute approximate surface area is 108 Å². The molecule has 0 radical (unpaired) electrons. The van der Waals surface area contributed by atoms with Crippen LogP contribution in [0.5, 0.6) is 0 Å². The lowest BCUT2D eigenvalue weighted by molar-refractivity contribution is 0.604. The van der Waals surface area contributed by atoms with Crippen molar-refractivity contribution in [3.63, 3.8) is 0 Å². The Balaban J connectivity index is 2.35. The number of hydrogen-bond donors (Lipinski definition) is 0. The first-order valence-electron chi connectivity index (χ1n) is 6.01. The highest BCUT2D eigenvalue weighted by molar-refractivity contribution is 5.36. The summed E-state index contributed by atoms with van der Waals surface area (Å²) in [7, 11) is 0. The molecule has 2 heteroatoms. The largest absolute Gasteiger partial charge is 0.264 e. The van der Waals surface area contributed by atoms with Crippen LogP contribution in [0.2, 0.25) is 0 Å². The molecule has 1 aromatic carbocycles. The summed E-state index contributed by atoms with van der Waals surface area (Å²) in [5.41, 5.74) is 2.83. The van der Waals surface area contributed by atoms with Gasteiger partial charge < -0.3 is 0 Å². The zero-order chi connectivity index (χ0) is 13.0. The topological polar surface area (TPSA) is 36.7 Å². The van der Waals surface area contributed by atoms with E-state index >= 15 is 0 Å². The molecule has 1 aromatic heterocycles. The maximum absolute atomic E-state index is 9.52. The molecule has 2 rings (SSSR count). The van der Waals surface area contributed by atoms with Crippen LogP contribution in [-0.4, -0.2) is 4.98 Å². The number of rotatable bonds is 3. The van der Waals surface area contributed by atoms with Crippen LogP contribution in [0.15, 0.2) is 48.8 Å². The lowest BCUT2D eigenvalue weighted by Crippen LogP contribution is -2.23. The van der Waals surface area contributed by atoms with Gasteiger partial charge in [0, 0.05) is 12.4 Å². The highest BCUT2D eigenvalue weighted by Crippen LogP contribution is 2.27. The minimum atomic E-state index is -0.505. The zero-order valence-corrected chi connectivity index (χ0v) is 10.7. The van der Waals surface area contributed by atoms with Crippen molar-refractivity contribution in [1.82, 2.24) is 4.98 Å². The van der Waals surface area contributed by atoms with E-state index in [0.717, 1.165) is 11.1 Å². The molecule has 0 saturated heterocycles. The van der Waals surface area contributed by atoms with Gasteiger partial charge in [-0.2, -0.15) is 5.26 Å². The van der Waals surface area contributed by atoms with E-state index < -0.39 is 5.41 Å². The van der Waals surface area contributed by atoms with Gasteiger partial charge in [0.25, 0.3) is 0 Å². The van der Waals surface area contributed by atoms with Crippen LogP contribution in [0.1, 0.15) is 23.6 Å². The molecular weight excluding hydrogens is 220 g/mol. The van der Waals surface area contributed by atoms with Crippen molar-refractivity contribution in [2.45, 2.75) is 25.7 Å². The van der Waals surface area contributed by atoms with Gasteiger partial charge in [-0.15, -0.1) is 0 Å². The van der Waals surface area contributed by atoms with Gasteiger partial charge in [-0.25, -0.2) is 0 Å². The first-order chi connectivity index (χ1) is 8.64. The van der Waals surface area contributed by atoms with E-state index in [1.807, 2.05) is 50.4 Å². The summed E-state index contributed by atoms with van der Waals surface area (Å²) in [5, 5.41) is 9.52. The molecule has 90 valence electrons. The second-order valence-electron chi connectivity index (χ2n) is 4.85. The molecule has 0 saturated carbocycles. The molecule has 0 aliphatic rings. The van der Waals surface area contributed by atoms with Gasteiger partial charge in [-0.3, -0.25) is 4.98 Å². The van der Waals surface area contributed by atoms with Crippen LogP contribution in [0.3, 0.4) is 0 Å². The average molecular weight is 236 g/mol. The summed E-state index contributed by atoms with van der Waals surface area (Å²) >= 11 is 0. The van der Waals surface area contributed by atoms with E-state index in [9.17, 15) is 5.26 Å². The van der Waals surface area contributed by atoms with Crippen LogP contribution >= 0.6 is 0 Å². The summed E-state index contributed by atoms with van der Waals surface area (Å²) in [4.78, 5) is 4.10. The highest BCUT2D eigenvalue weighted by Gasteiger charge is 2.26. The first kappa shape index (κ1) is 12.3. The molecule has 0 aliphatic carbocycles. The predicted octanol–water partition coefficient (Wildman–Crippen LogP) is 3.41. The maximum Gasteiger partial charge on any atom is 0.0835 e. The molecule has 0 amide bonds. The fourth-order valence-corrected chi connectivity index (χ4v) is 2.11. The van der Waals surface area contributed by atoms with Gasteiger partial charge in [0.15, 0.2) is 0 Å². The number of nitrogens with zero attached hydrogens (tertiary/aromatic N) is 2. The van der Waals surface area contributed by atoms with E-state index in [0.29, 0.717) is 6.42 Å². The number of benzene rings is 1. The average Bonchev–Trinajstić information content (AvgIpc) is 2.40. The normalized spacial score (nSPS) is 13.6. The fourth-order valence-electron chi connectivity index (χ4n) is 2.11. The number of nitriles is 1. The lowest BCUT2D eigenvalue weighted by atomic mass is 9.78. The zero-order valence-electron chi connectivity index (χ0n) is 10.7. The predicted molar refractivity (Wildman–Crippen MR) is 72.1 cm³/mol. The molecular formula is C16H16N2. The second-order valence-corrected chi connectivity index (χ2v) is 4.85. The van der Waals surface area contributed by atoms with Crippen molar-refractivity contribution in [2.75, 3.05) is 0 Å². The molecule has 1 unspecified atom stereocenters. The smallest absolute Gasteiger partial charge is 0.0835 e. The fraction of sp³-hybridized carbons (Fsp3) is 0.250. The summed E-state index contributed by atoms with van der Waals surface area (Å²) in [6, 6.07) is 14.5. The molecule has 0 fully saturated rings. The van der Waals surface area contributed by atoms with E-state index in [-0.39, 0.29) is 0 Å². The Morgan fingerprint density at radius 1 is 1.28 bits per heavy atom. The van der Waals surface area contributed by atoms with Gasteiger partial charge in [-0.1, -0.05) is 35.9 Å². The SMILES string of the molecule is Cc1cccc(C(C)(C#N)Cc2cccnc2)c1. The molecule has 2 aromatic rings. The standard InChI is InChI=1S/C16H16N2/c1-13-5-3-7-15(9-13)16(2,12-17)10-14-6-4-8-18-11-14/h3-9,11H,10H2,1-2H3. The third kappa shape index (κ3) is 2.57. The van der Waals surface area contributed by atoms with Gasteiger partial charge in [-0.05, 0) is 37.5 Å². The first-order valence-corrected chi connectivity index (χ1v) is 6.01. The van der Waals surface area contributed by atoms with Crippen molar-refractivity contribution in [1.29, 1.82) is 5.26 Å². The molecule has 0 spiro atoms. The maximum atomic E-state index is 9.52. The van der Waals surface area contributed by atoms with Crippen LogP contribution in [0, 0.1) is 18.3 Å². The minimum Gasteiger partial charge on any atom is -0.264 e. The molecule has 0 aliphatic heterocycles. The Morgan fingerprint density at radius 2 is 2.11 bits per heavy atom. The minimum absolute atomic E-state index is 0.505. The van der Waals surface area contributed by atoms with Crippen LogP contribution in [-0.2, 0) is 11.8 Å². The van der Waals surface area contributed by atoms with Crippen LogP contribution in [0.25, 0.3) is 0 Å². The van der Waals surface area contributed by atoms with Crippen molar-refractivity contribution >= 4 is 0 Å². The number of pyridine rings is 1. The van der Waals surface area contributed by atoms with Crippen molar-refractivity contribution in [2.24, 2.45) is 0 Å². The molecule has 18 heavy (non-hydrogen) atoms. The third-order valence-corrected chi connectivity index (χ3v) is 3.18. The Bertz CT molecular complexity index is 569. The molecule has 1 atom stereocenters. The number of aryl methyl sites for hydroxylation is 1. The summed E-state index contributed by atoms with van der Waals surface area (Å²) in [6.07, 6.45) is 4.26. The van der Waals surface area contributed by atoms with Gasteiger partial charge in [0.05, 0.1) is 11.5 Å². The van der Waals surface area contributed by atoms with Gasteiger partial charge in [0.1, 0.15) is 0 Å². The van der Waals surface area contributed by atoms with Crippen molar-refractivity contribution in [3.8, 4) is 6.07 Å². The van der Waals surface area contributed by atoms with E-state index in [4.69, 9.17) is 0 Å². The van der Waals surface area contributed by atoms with Gasteiger partial charge in [0.2, 0.25) is 0 Å². The van der Waals surface area contributed by atoms with Crippen molar-refractivity contribution in [3.05, 3.63) is 65.5 Å². The third-order valence-electron chi connectivity index (χ3n) is 3.18. The summed E-state index contributed by atoms with van der Waals surface area (Å²) in [6.45, 7) is 4.03. The Morgan fingerprint density at radius 3 is 2.72 bits per heavy atom. The summed E-state index contributed by atoms with van der Waals surface area (Å²) in [5.74, 6) is 0. The molecule has 0 N–H and O–H groups in total. The molecule has 1 heterocycles. The molecule has 2 nitrogen and oxygen atoms in total. The number of hydrogen-bond acceptors (Lipinski definition) is 2. The Kier molecular flexibility index (Phi) is 3.43. The van der Waals surface area contributed by atoms with Crippen molar-refractivity contribution < 1.29 is 0 Å². The van der Waals surface area contributed by atoms with E-state index in [2.05, 4.69) is 17.1 Å². The Hall–Kier alpha value is -2.14. The quantitative estimate of drug-likeness (QED) is 0.818. The number of aromatic nitrogens is 1. The van der Waals surface area contributed by atoms with Crippen LogP contribution in [0.4, 0.5) is 0 Å². The summed E-state index contributed by atoms with van der Waals surface area (Å²) < 4.78 is 0. The monoisotopic (exact) mass is 236 g/mol.